The molecule has 0 N–H and O–H groups in total. The summed E-state index contributed by atoms with van der Waals surface area (Å²) in [5.74, 6) is -0.0521. The number of benzene rings is 2. The molecule has 2 aromatic carbocycles. The average Bonchev–Trinajstić information content (AvgIpc) is 2.78. The molecular formula is C16H9Cl3O2. The van der Waals surface area contributed by atoms with E-state index in [0.717, 1.165) is 10.9 Å². The summed E-state index contributed by atoms with van der Waals surface area (Å²) in [7, 11) is 0. The Balaban J connectivity index is 2.18. The van der Waals surface area contributed by atoms with Crippen LogP contribution >= 0.6 is 34.8 Å². The van der Waals surface area contributed by atoms with Gasteiger partial charge in [-0.25, -0.2) is 0 Å². The SMILES string of the molecule is Cc1c(C(=O)c2cc(Cl)ccc2Cl)oc2ccc(Cl)cc12. The molecule has 106 valence electrons. The van der Waals surface area contributed by atoms with E-state index in [-0.39, 0.29) is 11.5 Å². The van der Waals surface area contributed by atoms with Crippen LogP contribution in [0.25, 0.3) is 11.0 Å². The van der Waals surface area contributed by atoms with E-state index in [2.05, 4.69) is 0 Å². The van der Waals surface area contributed by atoms with Crippen molar-refractivity contribution in [1.29, 1.82) is 0 Å². The molecule has 0 spiro atoms. The van der Waals surface area contributed by atoms with Crippen LogP contribution in [0.4, 0.5) is 0 Å². The first kappa shape index (κ1) is 14.5. The van der Waals surface area contributed by atoms with Gasteiger partial charge in [0.25, 0.3) is 0 Å². The van der Waals surface area contributed by atoms with Crippen molar-refractivity contribution in [3.05, 3.63) is 68.4 Å². The van der Waals surface area contributed by atoms with Crippen LogP contribution in [0.2, 0.25) is 15.1 Å². The molecule has 0 amide bonds. The third kappa shape index (κ3) is 2.55. The molecule has 0 aliphatic rings. The molecule has 0 aliphatic heterocycles. The first-order valence-electron chi connectivity index (χ1n) is 6.16. The van der Waals surface area contributed by atoms with E-state index in [9.17, 15) is 4.79 Å². The molecule has 0 fully saturated rings. The van der Waals surface area contributed by atoms with Gasteiger partial charge in [0.2, 0.25) is 5.78 Å². The van der Waals surface area contributed by atoms with E-state index in [0.29, 0.717) is 26.2 Å². The zero-order valence-corrected chi connectivity index (χ0v) is 13.2. The smallest absolute Gasteiger partial charge is 0.230 e. The number of aryl methyl sites for hydroxylation is 1. The maximum atomic E-state index is 12.6. The molecule has 0 atom stereocenters. The van der Waals surface area contributed by atoms with Crippen LogP contribution < -0.4 is 0 Å². The van der Waals surface area contributed by atoms with E-state index in [1.165, 1.54) is 6.07 Å². The molecule has 1 aromatic heterocycles. The Morgan fingerprint density at radius 2 is 1.67 bits per heavy atom. The fourth-order valence-corrected chi connectivity index (χ4v) is 2.75. The lowest BCUT2D eigenvalue weighted by molar-refractivity contribution is 0.101. The highest BCUT2D eigenvalue weighted by Gasteiger charge is 2.21. The molecule has 2 nitrogen and oxygen atoms in total. The number of hydrogen-bond donors (Lipinski definition) is 0. The van der Waals surface area contributed by atoms with Crippen molar-refractivity contribution in [2.75, 3.05) is 0 Å². The summed E-state index contributed by atoms with van der Waals surface area (Å²) in [5, 5.41) is 2.18. The second-order valence-electron chi connectivity index (χ2n) is 4.65. The second kappa shape index (κ2) is 5.38. The molecule has 0 bridgehead atoms. The van der Waals surface area contributed by atoms with E-state index in [1.807, 2.05) is 6.92 Å². The summed E-state index contributed by atoms with van der Waals surface area (Å²) in [6, 6.07) is 9.98. The highest BCUT2D eigenvalue weighted by Crippen LogP contribution is 2.31. The van der Waals surface area contributed by atoms with Gasteiger partial charge in [-0.15, -0.1) is 0 Å². The number of furan rings is 1. The van der Waals surface area contributed by atoms with E-state index in [4.69, 9.17) is 39.2 Å². The first-order valence-corrected chi connectivity index (χ1v) is 7.29. The quantitative estimate of drug-likeness (QED) is 0.541. The van der Waals surface area contributed by atoms with Gasteiger partial charge in [-0.2, -0.15) is 0 Å². The molecule has 3 aromatic rings. The van der Waals surface area contributed by atoms with Gasteiger partial charge >= 0.3 is 0 Å². The standard InChI is InChI=1S/C16H9Cl3O2/c1-8-11-6-10(18)3-5-14(11)21-16(8)15(20)12-7-9(17)2-4-13(12)19/h2-7H,1H3. The molecule has 0 aliphatic carbocycles. The van der Waals surface area contributed by atoms with Crippen LogP contribution in [0.5, 0.6) is 0 Å². The van der Waals surface area contributed by atoms with Crippen LogP contribution in [0.15, 0.2) is 40.8 Å². The van der Waals surface area contributed by atoms with Gasteiger partial charge in [0.15, 0.2) is 5.76 Å². The molecule has 5 heteroatoms. The minimum atomic E-state index is -0.299. The molecule has 0 unspecified atom stereocenters. The molecule has 0 saturated carbocycles. The average molecular weight is 340 g/mol. The highest BCUT2D eigenvalue weighted by atomic mass is 35.5. The summed E-state index contributed by atoms with van der Waals surface area (Å²) < 4.78 is 5.65. The third-order valence-electron chi connectivity index (χ3n) is 3.28. The minimum absolute atomic E-state index is 0.247. The van der Waals surface area contributed by atoms with Crippen molar-refractivity contribution in [2.45, 2.75) is 6.92 Å². The molecule has 21 heavy (non-hydrogen) atoms. The summed E-state index contributed by atoms with van der Waals surface area (Å²) in [6.07, 6.45) is 0. The number of halogens is 3. The van der Waals surface area contributed by atoms with Crippen LogP contribution in [0, 0.1) is 6.92 Å². The monoisotopic (exact) mass is 338 g/mol. The summed E-state index contributed by atoms with van der Waals surface area (Å²) in [6.45, 7) is 1.81. The predicted molar refractivity (Wildman–Crippen MR) is 85.9 cm³/mol. The van der Waals surface area contributed by atoms with Crippen LogP contribution in [-0.2, 0) is 0 Å². The van der Waals surface area contributed by atoms with Gasteiger partial charge in [0.05, 0.1) is 5.02 Å². The summed E-state index contributed by atoms with van der Waals surface area (Å²) >= 11 is 18.0. The maximum Gasteiger partial charge on any atom is 0.230 e. The minimum Gasteiger partial charge on any atom is -0.452 e. The van der Waals surface area contributed by atoms with E-state index in [1.54, 1.807) is 30.3 Å². The zero-order valence-electron chi connectivity index (χ0n) is 10.9. The number of hydrogen-bond acceptors (Lipinski definition) is 2. The van der Waals surface area contributed by atoms with Gasteiger partial charge in [0.1, 0.15) is 5.58 Å². The summed E-state index contributed by atoms with van der Waals surface area (Å²) in [5.41, 5.74) is 1.66. The molecule has 1 heterocycles. The number of carbonyl (C=O) groups is 1. The number of rotatable bonds is 2. The van der Waals surface area contributed by atoms with E-state index >= 15 is 0 Å². The third-order valence-corrected chi connectivity index (χ3v) is 4.08. The normalized spacial score (nSPS) is 11.0. The lowest BCUT2D eigenvalue weighted by atomic mass is 10.0. The maximum absolute atomic E-state index is 12.6. The van der Waals surface area contributed by atoms with Crippen LogP contribution in [0.3, 0.4) is 0 Å². The Morgan fingerprint density at radius 3 is 2.43 bits per heavy atom. The predicted octanol–water partition coefficient (Wildman–Crippen LogP) is 5.93. The van der Waals surface area contributed by atoms with Crippen molar-refractivity contribution in [2.24, 2.45) is 0 Å². The zero-order chi connectivity index (χ0) is 15.1. The molecule has 0 saturated heterocycles. The number of fused-ring (bicyclic) bond motifs is 1. The van der Waals surface area contributed by atoms with Gasteiger partial charge in [-0.1, -0.05) is 34.8 Å². The largest absolute Gasteiger partial charge is 0.452 e. The lowest BCUT2D eigenvalue weighted by Gasteiger charge is -2.02. The lowest BCUT2D eigenvalue weighted by Crippen LogP contribution is -2.02. The number of ketones is 1. The fourth-order valence-electron chi connectivity index (χ4n) is 2.20. The molecule has 0 radical (unpaired) electrons. The van der Waals surface area contributed by atoms with Crippen molar-refractivity contribution in [1.82, 2.24) is 0 Å². The Hall–Kier alpha value is -1.48. The van der Waals surface area contributed by atoms with Gasteiger partial charge < -0.3 is 4.42 Å². The van der Waals surface area contributed by atoms with Crippen molar-refractivity contribution in [3.63, 3.8) is 0 Å². The second-order valence-corrected chi connectivity index (χ2v) is 5.93. The Morgan fingerprint density at radius 1 is 1.00 bits per heavy atom. The van der Waals surface area contributed by atoms with Gasteiger partial charge in [0, 0.05) is 26.6 Å². The Kier molecular flexibility index (Phi) is 3.70. The van der Waals surface area contributed by atoms with Gasteiger partial charge in [-0.3, -0.25) is 4.79 Å². The van der Waals surface area contributed by atoms with E-state index < -0.39 is 0 Å². The van der Waals surface area contributed by atoms with Crippen molar-refractivity contribution < 1.29 is 9.21 Å². The van der Waals surface area contributed by atoms with Crippen LogP contribution in [-0.4, -0.2) is 5.78 Å². The van der Waals surface area contributed by atoms with Crippen molar-refractivity contribution in [3.8, 4) is 0 Å². The highest BCUT2D eigenvalue weighted by molar-refractivity contribution is 6.36. The van der Waals surface area contributed by atoms with Crippen LogP contribution in [0.1, 0.15) is 21.7 Å². The molecular weight excluding hydrogens is 331 g/mol. The Bertz CT molecular complexity index is 865. The first-order chi connectivity index (χ1) is 9.97. The molecule has 3 rings (SSSR count). The van der Waals surface area contributed by atoms with Crippen molar-refractivity contribution >= 4 is 51.6 Å². The Labute approximate surface area is 136 Å². The topological polar surface area (TPSA) is 30.2 Å². The fraction of sp³-hybridized carbons (Fsp3) is 0.0625. The van der Waals surface area contributed by atoms with Gasteiger partial charge in [-0.05, 0) is 43.3 Å². The number of carbonyl (C=O) groups excluding carboxylic acids is 1. The summed E-state index contributed by atoms with van der Waals surface area (Å²) in [4.78, 5) is 12.6.